The molecule has 1 saturated carbocycles. The Hall–Kier alpha value is -1.76. The summed E-state index contributed by atoms with van der Waals surface area (Å²) in [7, 11) is 0. The monoisotopic (exact) mass is 396 g/mol. The summed E-state index contributed by atoms with van der Waals surface area (Å²) in [5.41, 5.74) is 0.917. The van der Waals surface area contributed by atoms with Crippen LogP contribution in [0.15, 0.2) is 12.1 Å². The number of anilines is 1. The number of carbonyl (C=O) groups is 1. The van der Waals surface area contributed by atoms with Crippen LogP contribution in [0, 0.1) is 23.6 Å². The molecule has 2 heterocycles. The predicted molar refractivity (Wildman–Crippen MR) is 100 cm³/mol. The number of likely N-dealkylation sites (tertiary alicyclic amines) is 1. The van der Waals surface area contributed by atoms with Crippen molar-refractivity contribution in [2.24, 2.45) is 17.8 Å². The van der Waals surface area contributed by atoms with Crippen molar-refractivity contribution in [3.8, 4) is 5.75 Å². The zero-order valence-corrected chi connectivity index (χ0v) is 16.1. The number of carbonyl (C=O) groups excluding carboxylic acids is 1. The van der Waals surface area contributed by atoms with Crippen LogP contribution in [-0.2, 0) is 11.2 Å². The van der Waals surface area contributed by atoms with Crippen LogP contribution < -0.4 is 10.1 Å². The second-order valence-electron chi connectivity index (χ2n) is 8.64. The molecule has 4 nitrogen and oxygen atoms in total. The minimum Gasteiger partial charge on any atom is -0.493 e. The largest absolute Gasteiger partial charge is 0.493 e. The van der Waals surface area contributed by atoms with E-state index in [0.717, 1.165) is 39.3 Å². The molecule has 7 heteroatoms. The summed E-state index contributed by atoms with van der Waals surface area (Å²) in [6.07, 6.45) is 4.28. The molecule has 0 bridgehead atoms. The van der Waals surface area contributed by atoms with Gasteiger partial charge in [0.15, 0.2) is 5.82 Å². The average molecular weight is 396 g/mol. The van der Waals surface area contributed by atoms with Crippen LogP contribution in [0.5, 0.6) is 5.75 Å². The number of nitrogens with one attached hydrogen (secondary N) is 1. The van der Waals surface area contributed by atoms with E-state index in [1.165, 1.54) is 12.5 Å². The van der Waals surface area contributed by atoms with Crippen LogP contribution in [-0.4, -0.2) is 43.0 Å². The highest BCUT2D eigenvalue weighted by molar-refractivity contribution is 5.99. The number of alkyl halides is 2. The third-order valence-electron chi connectivity index (χ3n) is 6.23. The van der Waals surface area contributed by atoms with Gasteiger partial charge in [-0.25, -0.2) is 13.2 Å². The molecule has 154 valence electrons. The first-order chi connectivity index (χ1) is 13.3. The van der Waals surface area contributed by atoms with Gasteiger partial charge >= 0.3 is 0 Å². The third-order valence-corrected chi connectivity index (χ3v) is 6.23. The Morgan fingerprint density at radius 1 is 1.29 bits per heavy atom. The van der Waals surface area contributed by atoms with E-state index < -0.39 is 11.7 Å². The molecule has 0 aromatic heterocycles. The number of benzene rings is 1. The van der Waals surface area contributed by atoms with E-state index in [-0.39, 0.29) is 24.6 Å². The number of fused-ring (bicyclic) bond motifs is 1. The Kier molecular flexibility index (Phi) is 5.29. The second kappa shape index (κ2) is 7.58. The standard InChI is InChI=1S/C21H27F3N2O2/c1-21(23,24)12-26-5-2-13(3-6-26)17-9-14(17)4-7-28-16-8-15-10-19(27)25-20(15)18(22)11-16/h8,11,13-14,17H,2-7,9-10,12H2,1H3,(H,25,27)/t14-,17-/m1/s1. The number of rotatable bonds is 7. The van der Waals surface area contributed by atoms with Gasteiger partial charge < -0.3 is 10.1 Å². The van der Waals surface area contributed by atoms with Crippen LogP contribution in [0.25, 0.3) is 0 Å². The molecule has 0 unspecified atom stereocenters. The third kappa shape index (κ3) is 4.62. The molecule has 0 spiro atoms. The van der Waals surface area contributed by atoms with Gasteiger partial charge in [-0.1, -0.05) is 0 Å². The number of amides is 1. The summed E-state index contributed by atoms with van der Waals surface area (Å²) < 4.78 is 46.0. The van der Waals surface area contributed by atoms with E-state index in [1.807, 2.05) is 4.90 Å². The van der Waals surface area contributed by atoms with Gasteiger partial charge in [0.1, 0.15) is 5.75 Å². The molecule has 2 aliphatic heterocycles. The van der Waals surface area contributed by atoms with Crippen molar-refractivity contribution >= 4 is 11.6 Å². The molecule has 2 fully saturated rings. The first kappa shape index (κ1) is 19.6. The minimum atomic E-state index is -2.62. The number of halogens is 3. The summed E-state index contributed by atoms with van der Waals surface area (Å²) in [6.45, 7) is 2.89. The van der Waals surface area contributed by atoms with Crippen molar-refractivity contribution in [1.29, 1.82) is 0 Å². The lowest BCUT2D eigenvalue weighted by Crippen LogP contribution is -2.41. The molecule has 1 aliphatic carbocycles. The van der Waals surface area contributed by atoms with Crippen molar-refractivity contribution in [3.63, 3.8) is 0 Å². The maximum atomic E-state index is 14.0. The van der Waals surface area contributed by atoms with Crippen molar-refractivity contribution in [2.75, 3.05) is 31.6 Å². The molecule has 28 heavy (non-hydrogen) atoms. The number of hydrogen-bond acceptors (Lipinski definition) is 3. The fourth-order valence-corrected chi connectivity index (χ4v) is 4.80. The summed E-state index contributed by atoms with van der Waals surface area (Å²) in [5, 5.41) is 2.52. The highest BCUT2D eigenvalue weighted by atomic mass is 19.3. The molecule has 3 aliphatic rings. The van der Waals surface area contributed by atoms with Gasteiger partial charge in [0, 0.05) is 13.0 Å². The van der Waals surface area contributed by atoms with Crippen LogP contribution in [0.4, 0.5) is 18.9 Å². The molecular formula is C21H27F3N2O2. The number of piperidine rings is 1. The van der Waals surface area contributed by atoms with Gasteiger partial charge in [-0.2, -0.15) is 0 Å². The molecule has 1 aromatic carbocycles. The molecule has 0 radical (unpaired) electrons. The SMILES string of the molecule is CC(F)(F)CN1CCC([C@H]2C[C@H]2CCOc2cc(F)c3c(c2)CC(=O)N3)CC1. The van der Waals surface area contributed by atoms with Crippen LogP contribution in [0.2, 0.25) is 0 Å². The predicted octanol–water partition coefficient (Wildman–Crippen LogP) is 4.09. The summed E-state index contributed by atoms with van der Waals surface area (Å²) in [4.78, 5) is 13.3. The first-order valence-corrected chi connectivity index (χ1v) is 10.1. The molecule has 1 saturated heterocycles. The lowest BCUT2D eigenvalue weighted by atomic mass is 9.90. The minimum absolute atomic E-state index is 0.139. The zero-order chi connectivity index (χ0) is 19.9. The first-order valence-electron chi connectivity index (χ1n) is 10.1. The number of hydrogen-bond donors (Lipinski definition) is 1. The number of ether oxygens (including phenoxy) is 1. The van der Waals surface area contributed by atoms with E-state index in [2.05, 4.69) is 5.32 Å². The Labute approximate surface area is 163 Å². The highest BCUT2D eigenvalue weighted by Crippen LogP contribution is 2.49. The average Bonchev–Trinajstić information content (AvgIpc) is 3.26. The smallest absolute Gasteiger partial charge is 0.257 e. The van der Waals surface area contributed by atoms with E-state index in [1.54, 1.807) is 6.07 Å². The quantitative estimate of drug-likeness (QED) is 0.755. The molecular weight excluding hydrogens is 369 g/mol. The van der Waals surface area contributed by atoms with E-state index in [4.69, 9.17) is 4.74 Å². The number of nitrogens with zero attached hydrogens (tertiary/aromatic N) is 1. The maximum absolute atomic E-state index is 14.0. The molecule has 1 N–H and O–H groups in total. The van der Waals surface area contributed by atoms with E-state index in [9.17, 15) is 18.0 Å². The Bertz CT molecular complexity index is 742. The van der Waals surface area contributed by atoms with Crippen LogP contribution in [0.3, 0.4) is 0 Å². The fourth-order valence-electron chi connectivity index (χ4n) is 4.80. The van der Waals surface area contributed by atoms with Crippen LogP contribution in [0.1, 0.15) is 38.2 Å². The summed E-state index contributed by atoms with van der Waals surface area (Å²) in [6, 6.07) is 3.06. The van der Waals surface area contributed by atoms with Crippen molar-refractivity contribution in [3.05, 3.63) is 23.5 Å². The van der Waals surface area contributed by atoms with Crippen LogP contribution >= 0.6 is 0 Å². The lowest BCUT2D eigenvalue weighted by Gasteiger charge is -2.33. The fraction of sp³-hybridized carbons (Fsp3) is 0.667. The molecule has 4 rings (SSSR count). The molecule has 1 amide bonds. The Morgan fingerprint density at radius 3 is 2.75 bits per heavy atom. The summed E-state index contributed by atoms with van der Waals surface area (Å²) in [5.74, 6) is -0.877. The second-order valence-corrected chi connectivity index (χ2v) is 8.64. The normalized spacial score (nSPS) is 25.5. The Balaban J connectivity index is 1.19. The van der Waals surface area contributed by atoms with Crippen molar-refractivity contribution in [1.82, 2.24) is 4.90 Å². The van der Waals surface area contributed by atoms with Gasteiger partial charge in [0.05, 0.1) is 25.3 Å². The summed E-state index contributed by atoms with van der Waals surface area (Å²) >= 11 is 0. The van der Waals surface area contributed by atoms with Gasteiger partial charge in [-0.05, 0) is 68.2 Å². The highest BCUT2D eigenvalue weighted by Gasteiger charge is 2.43. The molecule has 2 atom stereocenters. The van der Waals surface area contributed by atoms with Gasteiger partial charge in [-0.15, -0.1) is 0 Å². The van der Waals surface area contributed by atoms with Crippen molar-refractivity contribution < 1.29 is 22.7 Å². The van der Waals surface area contributed by atoms with Crippen molar-refractivity contribution in [2.45, 2.75) is 45.0 Å². The van der Waals surface area contributed by atoms with Gasteiger partial charge in [0.25, 0.3) is 5.92 Å². The zero-order valence-electron chi connectivity index (χ0n) is 16.1. The maximum Gasteiger partial charge on any atom is 0.257 e. The Morgan fingerprint density at radius 2 is 2.04 bits per heavy atom. The topological polar surface area (TPSA) is 41.6 Å². The van der Waals surface area contributed by atoms with E-state index >= 15 is 0 Å². The molecule has 1 aromatic rings. The van der Waals surface area contributed by atoms with E-state index in [0.29, 0.717) is 35.7 Å². The van der Waals surface area contributed by atoms with Gasteiger partial charge in [-0.3, -0.25) is 9.69 Å². The lowest BCUT2D eigenvalue weighted by molar-refractivity contribution is -0.115. The van der Waals surface area contributed by atoms with Gasteiger partial charge in [0.2, 0.25) is 5.91 Å².